The van der Waals surface area contributed by atoms with E-state index in [0.29, 0.717) is 6.08 Å². The molecule has 13 heteroatoms. The molecule has 110 valence electrons. The van der Waals surface area contributed by atoms with Crippen LogP contribution in [0.25, 0.3) is 0 Å². The standard InChI is InChI=1S/C4H5F3O5S2.CHF3/c1-2-3-13(8,9)12-14(10,11)4(5,6)7;2-1(3)4/h2H,1,3H2;1H. The zero-order chi connectivity index (χ0) is 15.2. The Morgan fingerprint density at radius 1 is 1.11 bits per heavy atom. The van der Waals surface area contributed by atoms with Gasteiger partial charge in [-0.25, -0.2) is 0 Å². The molecule has 0 heterocycles. The van der Waals surface area contributed by atoms with Gasteiger partial charge in [0.1, 0.15) is 0 Å². The summed E-state index contributed by atoms with van der Waals surface area (Å²) in [6.07, 6.45) is 0.696. The first-order valence-electron chi connectivity index (χ1n) is 3.53. The Labute approximate surface area is 98.3 Å². The van der Waals surface area contributed by atoms with Gasteiger partial charge < -0.3 is 0 Å². The molecule has 0 radical (unpaired) electrons. The number of hydrogen-bond donors (Lipinski definition) is 0. The third-order valence-corrected chi connectivity index (χ3v) is 3.56. The first kappa shape index (κ1) is 19.5. The fraction of sp³-hybridized carbons (Fsp3) is 0.600. The fourth-order valence-corrected chi connectivity index (χ4v) is 2.26. The van der Waals surface area contributed by atoms with Gasteiger partial charge in [0.2, 0.25) is 0 Å². The minimum Gasteiger partial charge on any atom is -0.198 e. The number of hydrogen-bond acceptors (Lipinski definition) is 5. The number of halogens is 6. The van der Waals surface area contributed by atoms with E-state index in [4.69, 9.17) is 0 Å². The highest BCUT2D eigenvalue weighted by Crippen LogP contribution is 2.26. The molecule has 0 aliphatic heterocycles. The summed E-state index contributed by atoms with van der Waals surface area (Å²) in [5, 5.41) is 0. The van der Waals surface area contributed by atoms with Crippen LogP contribution < -0.4 is 0 Å². The first-order valence-corrected chi connectivity index (χ1v) is 6.52. The zero-order valence-corrected chi connectivity index (χ0v) is 9.83. The van der Waals surface area contributed by atoms with E-state index in [1.54, 1.807) is 0 Å². The number of rotatable bonds is 4. The lowest BCUT2D eigenvalue weighted by atomic mass is 10.8. The third kappa shape index (κ3) is 9.23. The van der Waals surface area contributed by atoms with Gasteiger partial charge in [-0.05, 0) is 0 Å². The van der Waals surface area contributed by atoms with Crippen LogP contribution in [0.2, 0.25) is 0 Å². The van der Waals surface area contributed by atoms with Gasteiger partial charge in [0.15, 0.2) is 0 Å². The molecule has 0 rings (SSSR count). The second-order valence-electron chi connectivity index (χ2n) is 2.23. The molecule has 0 aromatic heterocycles. The average molecular weight is 324 g/mol. The van der Waals surface area contributed by atoms with E-state index in [9.17, 15) is 43.2 Å². The van der Waals surface area contributed by atoms with Gasteiger partial charge in [0, 0.05) is 0 Å². The lowest BCUT2D eigenvalue weighted by molar-refractivity contribution is -0.0498. The smallest absolute Gasteiger partial charge is 0.198 e. The lowest BCUT2D eigenvalue weighted by Gasteiger charge is -2.06. The Morgan fingerprint density at radius 3 is 1.67 bits per heavy atom. The molecular weight excluding hydrogens is 318 g/mol. The van der Waals surface area contributed by atoms with E-state index < -0.39 is 38.2 Å². The summed E-state index contributed by atoms with van der Waals surface area (Å²) < 4.78 is 108. The van der Waals surface area contributed by atoms with Crippen molar-refractivity contribution >= 4 is 20.2 Å². The van der Waals surface area contributed by atoms with Crippen molar-refractivity contribution < 1.29 is 46.8 Å². The van der Waals surface area contributed by atoms with Gasteiger partial charge in [-0.2, -0.15) is 43.2 Å². The van der Waals surface area contributed by atoms with Crippen molar-refractivity contribution in [1.82, 2.24) is 0 Å². The Kier molecular flexibility index (Phi) is 7.52. The van der Waals surface area contributed by atoms with E-state index in [1.807, 2.05) is 0 Å². The Bertz CT molecular complexity index is 446. The molecule has 0 fully saturated rings. The summed E-state index contributed by atoms with van der Waals surface area (Å²) in [4.78, 5) is 0. The van der Waals surface area contributed by atoms with E-state index in [1.165, 1.54) is 0 Å². The maximum atomic E-state index is 11.6. The van der Waals surface area contributed by atoms with Crippen LogP contribution >= 0.6 is 0 Å². The fourth-order valence-electron chi connectivity index (χ4n) is 0.347. The highest BCUT2D eigenvalue weighted by Gasteiger charge is 2.50. The molecule has 0 saturated carbocycles. The summed E-state index contributed by atoms with van der Waals surface area (Å²) in [6, 6.07) is 0. The first-order chi connectivity index (χ1) is 7.75. The van der Waals surface area contributed by atoms with Crippen LogP contribution in [-0.4, -0.2) is 34.8 Å². The van der Waals surface area contributed by atoms with E-state index >= 15 is 0 Å². The predicted molar refractivity (Wildman–Crippen MR) is 47.2 cm³/mol. The lowest BCUT2D eigenvalue weighted by Crippen LogP contribution is -2.28. The van der Waals surface area contributed by atoms with Crippen LogP contribution in [0.3, 0.4) is 0 Å². The quantitative estimate of drug-likeness (QED) is 0.445. The summed E-state index contributed by atoms with van der Waals surface area (Å²) in [6.45, 7) is -0.764. The molecule has 0 amide bonds. The molecular formula is C5H6F6O5S2. The van der Waals surface area contributed by atoms with Crippen LogP contribution in [-0.2, 0) is 23.9 Å². The van der Waals surface area contributed by atoms with E-state index in [2.05, 4.69) is 10.2 Å². The maximum absolute atomic E-state index is 11.6. The molecule has 0 bridgehead atoms. The van der Waals surface area contributed by atoms with Crippen molar-refractivity contribution in [2.24, 2.45) is 0 Å². The van der Waals surface area contributed by atoms with Gasteiger partial charge in [-0.15, -0.1) is 10.2 Å². The third-order valence-electron chi connectivity index (χ3n) is 0.799. The van der Waals surface area contributed by atoms with E-state index in [0.717, 1.165) is 0 Å². The van der Waals surface area contributed by atoms with Crippen molar-refractivity contribution in [2.45, 2.75) is 12.2 Å². The molecule has 0 aliphatic carbocycles. The highest BCUT2D eigenvalue weighted by atomic mass is 32.3. The summed E-state index contributed by atoms with van der Waals surface area (Å²) in [5.41, 5.74) is -5.76. The van der Waals surface area contributed by atoms with Crippen molar-refractivity contribution in [1.29, 1.82) is 0 Å². The normalized spacial score (nSPS) is 12.8. The molecule has 0 unspecified atom stereocenters. The molecule has 5 nitrogen and oxygen atoms in total. The van der Waals surface area contributed by atoms with Crippen LogP contribution in [0, 0.1) is 0 Å². The van der Waals surface area contributed by atoms with E-state index in [-0.39, 0.29) is 0 Å². The Hall–Kier alpha value is -0.820. The molecule has 0 aromatic carbocycles. The zero-order valence-electron chi connectivity index (χ0n) is 8.19. The maximum Gasteiger partial charge on any atom is 0.524 e. The van der Waals surface area contributed by atoms with Gasteiger partial charge in [0.25, 0.3) is 10.1 Å². The molecule has 0 aliphatic rings. The van der Waals surface area contributed by atoms with Crippen molar-refractivity contribution in [3.63, 3.8) is 0 Å². The van der Waals surface area contributed by atoms with Crippen LogP contribution in [0.15, 0.2) is 12.7 Å². The van der Waals surface area contributed by atoms with Crippen LogP contribution in [0.5, 0.6) is 0 Å². The van der Waals surface area contributed by atoms with Gasteiger partial charge in [-0.1, -0.05) is 6.08 Å². The summed E-state index contributed by atoms with van der Waals surface area (Å²) in [5.74, 6) is -1.03. The molecule has 0 spiro atoms. The van der Waals surface area contributed by atoms with Gasteiger partial charge in [-0.3, -0.25) is 0 Å². The monoisotopic (exact) mass is 324 g/mol. The van der Waals surface area contributed by atoms with Crippen LogP contribution in [0.4, 0.5) is 26.3 Å². The van der Waals surface area contributed by atoms with Gasteiger partial charge in [0.05, 0.1) is 5.75 Å². The van der Waals surface area contributed by atoms with Crippen molar-refractivity contribution in [2.75, 3.05) is 5.75 Å². The molecule has 0 aromatic rings. The molecule has 0 N–H and O–H groups in total. The van der Waals surface area contributed by atoms with Gasteiger partial charge >= 0.3 is 22.3 Å². The summed E-state index contributed by atoms with van der Waals surface area (Å²) >= 11 is 0. The highest BCUT2D eigenvalue weighted by molar-refractivity contribution is 8.00. The predicted octanol–water partition coefficient (Wildman–Crippen LogP) is 1.55. The Morgan fingerprint density at radius 2 is 1.44 bits per heavy atom. The Balaban J connectivity index is 0. The second-order valence-corrected chi connectivity index (χ2v) is 5.59. The number of alkyl halides is 6. The van der Waals surface area contributed by atoms with Crippen molar-refractivity contribution in [3.05, 3.63) is 12.7 Å². The topological polar surface area (TPSA) is 77.5 Å². The minimum atomic E-state index is -6.11. The molecule has 18 heavy (non-hydrogen) atoms. The SMILES string of the molecule is C=CCS(=O)(=O)OS(=O)(=O)C(F)(F)F.FC(F)F. The molecule has 0 saturated heterocycles. The largest absolute Gasteiger partial charge is 0.524 e. The summed E-state index contributed by atoms with van der Waals surface area (Å²) in [7, 11) is -10.9. The second kappa shape index (κ2) is 6.94. The minimum absolute atomic E-state index is 0.696. The average Bonchev–Trinajstić information content (AvgIpc) is 1.96. The van der Waals surface area contributed by atoms with Crippen LogP contribution in [0.1, 0.15) is 0 Å². The molecule has 0 atom stereocenters. The van der Waals surface area contributed by atoms with Crippen molar-refractivity contribution in [3.8, 4) is 0 Å².